The molecule has 2 aromatic rings. The molecular weight excluding hydrogens is 400 g/mol. The molecule has 0 bridgehead atoms. The number of nitrogens with zero attached hydrogens (tertiary/aromatic N) is 4. The third-order valence-electron chi connectivity index (χ3n) is 6.61. The minimum absolute atomic E-state index is 0.384. The first-order valence-electron chi connectivity index (χ1n) is 10.7. The summed E-state index contributed by atoms with van der Waals surface area (Å²) >= 11 is 0. The van der Waals surface area contributed by atoms with Crippen molar-refractivity contribution in [3.05, 3.63) is 40.5 Å². The van der Waals surface area contributed by atoms with E-state index in [1.807, 2.05) is 13.8 Å². The fourth-order valence-corrected chi connectivity index (χ4v) is 6.33. The quantitative estimate of drug-likeness (QED) is 0.727. The highest BCUT2D eigenvalue weighted by atomic mass is 32.2. The Kier molecular flexibility index (Phi) is 5.92. The number of piperazine rings is 1. The summed E-state index contributed by atoms with van der Waals surface area (Å²) in [6.45, 7) is 10.2. The van der Waals surface area contributed by atoms with E-state index < -0.39 is 10.0 Å². The van der Waals surface area contributed by atoms with Crippen molar-refractivity contribution in [2.75, 3.05) is 33.3 Å². The molecule has 8 heteroatoms. The van der Waals surface area contributed by atoms with Crippen LogP contribution in [0.2, 0.25) is 0 Å². The number of hydrogen-bond donors (Lipinski definition) is 0. The second-order valence-corrected chi connectivity index (χ2v) is 10.3. The molecule has 1 aromatic heterocycles. The molecule has 0 unspecified atom stereocenters. The highest BCUT2D eigenvalue weighted by Gasteiger charge is 2.31. The van der Waals surface area contributed by atoms with Crippen LogP contribution in [0.3, 0.4) is 0 Å². The van der Waals surface area contributed by atoms with Gasteiger partial charge in [0.25, 0.3) is 0 Å². The summed E-state index contributed by atoms with van der Waals surface area (Å²) < 4.78 is 35.9. The van der Waals surface area contributed by atoms with E-state index in [1.54, 1.807) is 23.5 Å². The molecule has 0 aliphatic carbocycles. The van der Waals surface area contributed by atoms with Gasteiger partial charge in [-0.15, -0.1) is 0 Å². The van der Waals surface area contributed by atoms with Crippen molar-refractivity contribution in [3.8, 4) is 5.75 Å². The van der Waals surface area contributed by atoms with Crippen LogP contribution in [-0.2, 0) is 29.5 Å². The smallest absolute Gasteiger partial charge is 0.243 e. The molecule has 1 fully saturated rings. The molecule has 1 aromatic carbocycles. The maximum atomic E-state index is 13.3. The maximum Gasteiger partial charge on any atom is 0.243 e. The Balaban J connectivity index is 1.46. The van der Waals surface area contributed by atoms with Gasteiger partial charge in [-0.1, -0.05) is 0 Å². The van der Waals surface area contributed by atoms with Gasteiger partial charge in [0, 0.05) is 45.7 Å². The fraction of sp³-hybridized carbons (Fsp3) is 0.591. The minimum Gasteiger partial charge on any atom is -0.496 e. The molecule has 3 heterocycles. The Labute approximate surface area is 179 Å². The zero-order valence-electron chi connectivity index (χ0n) is 18.4. The summed E-state index contributed by atoms with van der Waals surface area (Å²) in [6, 6.07) is 3.42. The molecule has 0 N–H and O–H groups in total. The number of imidazole rings is 1. The lowest BCUT2D eigenvalue weighted by Gasteiger charge is -2.34. The van der Waals surface area contributed by atoms with Crippen LogP contribution in [-0.4, -0.2) is 60.5 Å². The standard InChI is InChI=1S/C22H32N4O3S/c1-16-17(2)21(9-8-20(16)29-4)30(27,28)25-13-11-24(12-14-25)15-19-18(3)23-22-7-5-6-10-26(19)22/h8-9H,5-7,10-15H2,1-4H3. The third kappa shape index (κ3) is 3.76. The number of sulfonamides is 1. The number of ether oxygens (including phenoxy) is 1. The number of hydrogen-bond acceptors (Lipinski definition) is 5. The first kappa shape index (κ1) is 21.3. The number of benzene rings is 1. The summed E-state index contributed by atoms with van der Waals surface area (Å²) in [5, 5.41) is 0. The third-order valence-corrected chi connectivity index (χ3v) is 8.66. The van der Waals surface area contributed by atoms with Crippen LogP contribution >= 0.6 is 0 Å². The number of rotatable bonds is 5. The summed E-state index contributed by atoms with van der Waals surface area (Å²) in [4.78, 5) is 7.50. The van der Waals surface area contributed by atoms with E-state index in [9.17, 15) is 8.42 Å². The van der Waals surface area contributed by atoms with Crippen LogP contribution in [0.5, 0.6) is 5.75 Å². The zero-order valence-corrected chi connectivity index (χ0v) is 19.3. The molecule has 0 saturated carbocycles. The average molecular weight is 433 g/mol. The van der Waals surface area contributed by atoms with E-state index in [2.05, 4.69) is 16.4 Å². The van der Waals surface area contributed by atoms with Gasteiger partial charge in [0.1, 0.15) is 11.6 Å². The van der Waals surface area contributed by atoms with Gasteiger partial charge in [0.2, 0.25) is 10.0 Å². The van der Waals surface area contributed by atoms with E-state index in [-0.39, 0.29) is 0 Å². The molecule has 164 valence electrons. The van der Waals surface area contributed by atoms with Gasteiger partial charge in [-0.3, -0.25) is 4.90 Å². The van der Waals surface area contributed by atoms with E-state index in [4.69, 9.17) is 9.72 Å². The Morgan fingerprint density at radius 1 is 1.00 bits per heavy atom. The predicted octanol–water partition coefficient (Wildman–Crippen LogP) is 2.66. The summed E-state index contributed by atoms with van der Waals surface area (Å²) in [5.74, 6) is 1.93. The van der Waals surface area contributed by atoms with E-state index in [1.165, 1.54) is 24.4 Å². The normalized spacial score (nSPS) is 18.4. The van der Waals surface area contributed by atoms with Gasteiger partial charge in [-0.25, -0.2) is 13.4 Å². The number of methoxy groups -OCH3 is 1. The Morgan fingerprint density at radius 3 is 2.43 bits per heavy atom. The fourth-order valence-electron chi connectivity index (χ4n) is 4.63. The lowest BCUT2D eigenvalue weighted by Crippen LogP contribution is -2.48. The van der Waals surface area contributed by atoms with Crippen molar-refractivity contribution in [2.24, 2.45) is 0 Å². The number of aryl methyl sites for hydroxylation is 2. The molecule has 0 atom stereocenters. The zero-order chi connectivity index (χ0) is 21.5. The van der Waals surface area contributed by atoms with E-state index in [0.29, 0.717) is 18.0 Å². The van der Waals surface area contributed by atoms with Crippen LogP contribution in [0.4, 0.5) is 0 Å². The largest absolute Gasteiger partial charge is 0.496 e. The number of aromatic nitrogens is 2. The van der Waals surface area contributed by atoms with Crippen molar-refractivity contribution >= 4 is 10.0 Å². The van der Waals surface area contributed by atoms with Crippen LogP contribution in [0.15, 0.2) is 17.0 Å². The lowest BCUT2D eigenvalue weighted by atomic mass is 10.1. The molecule has 7 nitrogen and oxygen atoms in total. The van der Waals surface area contributed by atoms with Crippen LogP contribution in [0.1, 0.15) is 41.2 Å². The van der Waals surface area contributed by atoms with Crippen LogP contribution in [0.25, 0.3) is 0 Å². The van der Waals surface area contributed by atoms with Crippen LogP contribution < -0.4 is 4.74 Å². The molecule has 0 amide bonds. The number of fused-ring (bicyclic) bond motifs is 1. The lowest BCUT2D eigenvalue weighted by molar-refractivity contribution is 0.177. The molecule has 0 radical (unpaired) electrons. The average Bonchev–Trinajstić information content (AvgIpc) is 3.05. The van der Waals surface area contributed by atoms with Crippen molar-refractivity contribution in [2.45, 2.75) is 58.0 Å². The topological polar surface area (TPSA) is 67.7 Å². The van der Waals surface area contributed by atoms with Crippen molar-refractivity contribution < 1.29 is 13.2 Å². The van der Waals surface area contributed by atoms with Gasteiger partial charge < -0.3 is 9.30 Å². The van der Waals surface area contributed by atoms with Crippen molar-refractivity contribution in [1.29, 1.82) is 0 Å². The second kappa shape index (κ2) is 8.32. The summed E-state index contributed by atoms with van der Waals surface area (Å²) in [6.07, 6.45) is 3.49. The first-order chi connectivity index (χ1) is 14.3. The molecule has 4 rings (SSSR count). The molecule has 2 aliphatic heterocycles. The van der Waals surface area contributed by atoms with Gasteiger partial charge in [-0.05, 0) is 56.9 Å². The SMILES string of the molecule is COc1ccc(S(=O)(=O)N2CCN(Cc3c(C)nc4n3CCCC4)CC2)c(C)c1C. The Hall–Kier alpha value is -1.90. The first-order valence-corrected chi connectivity index (χ1v) is 12.2. The monoisotopic (exact) mass is 432 g/mol. The second-order valence-electron chi connectivity index (χ2n) is 8.37. The highest BCUT2D eigenvalue weighted by Crippen LogP contribution is 2.29. The minimum atomic E-state index is -3.51. The highest BCUT2D eigenvalue weighted by molar-refractivity contribution is 7.89. The Morgan fingerprint density at radius 2 is 1.73 bits per heavy atom. The summed E-state index contributed by atoms with van der Waals surface area (Å²) in [5.41, 5.74) is 4.05. The van der Waals surface area contributed by atoms with Gasteiger partial charge in [0.15, 0.2) is 0 Å². The van der Waals surface area contributed by atoms with Gasteiger partial charge >= 0.3 is 0 Å². The van der Waals surface area contributed by atoms with Gasteiger partial charge in [0.05, 0.1) is 23.4 Å². The molecule has 2 aliphatic rings. The van der Waals surface area contributed by atoms with E-state index >= 15 is 0 Å². The molecule has 30 heavy (non-hydrogen) atoms. The molecular formula is C22H32N4O3S. The van der Waals surface area contributed by atoms with Crippen molar-refractivity contribution in [1.82, 2.24) is 18.8 Å². The maximum absolute atomic E-state index is 13.3. The molecule has 1 saturated heterocycles. The molecule has 0 spiro atoms. The van der Waals surface area contributed by atoms with Gasteiger partial charge in [-0.2, -0.15) is 4.31 Å². The predicted molar refractivity (Wildman–Crippen MR) is 116 cm³/mol. The Bertz CT molecular complexity index is 1040. The van der Waals surface area contributed by atoms with E-state index in [0.717, 1.165) is 55.2 Å². The van der Waals surface area contributed by atoms with Crippen LogP contribution in [0, 0.1) is 20.8 Å². The summed E-state index contributed by atoms with van der Waals surface area (Å²) in [7, 11) is -1.91. The van der Waals surface area contributed by atoms with Crippen molar-refractivity contribution in [3.63, 3.8) is 0 Å².